The van der Waals surface area contributed by atoms with Crippen LogP contribution in [0.4, 0.5) is 4.79 Å². The van der Waals surface area contributed by atoms with Gasteiger partial charge in [-0.2, -0.15) is 0 Å². The van der Waals surface area contributed by atoms with Crippen LogP contribution in [-0.4, -0.2) is 60.7 Å². The summed E-state index contributed by atoms with van der Waals surface area (Å²) in [4.78, 5) is 26.0. The maximum absolute atomic E-state index is 13.4. The van der Waals surface area contributed by atoms with E-state index in [4.69, 9.17) is 9.47 Å². The quantitative estimate of drug-likeness (QED) is 0.0628. The first-order valence-corrected chi connectivity index (χ1v) is 18.3. The van der Waals surface area contributed by atoms with Crippen molar-refractivity contribution >= 4 is 12.0 Å². The molecule has 0 aromatic heterocycles. The number of methoxy groups -OCH3 is 1. The van der Waals surface area contributed by atoms with E-state index >= 15 is 0 Å². The average Bonchev–Trinajstić information content (AvgIpc) is 3.52. The minimum Gasteiger partial charge on any atom is -0.497 e. The van der Waals surface area contributed by atoms with E-state index in [2.05, 4.69) is 34.9 Å². The van der Waals surface area contributed by atoms with Crippen LogP contribution in [0.1, 0.15) is 66.3 Å². The number of nitrogens with one attached hydrogen (secondary N) is 2. The number of benzene rings is 5. The van der Waals surface area contributed by atoms with Crippen molar-refractivity contribution in [1.29, 1.82) is 0 Å². The number of carbonyl (C=O) groups excluding carboxylic acids is 2. The molecule has 0 bridgehead atoms. The van der Waals surface area contributed by atoms with Crippen molar-refractivity contribution < 1.29 is 29.3 Å². The zero-order valence-electron chi connectivity index (χ0n) is 30.3. The summed E-state index contributed by atoms with van der Waals surface area (Å²) in [5.41, 5.74) is 5.95. The van der Waals surface area contributed by atoms with Gasteiger partial charge in [-0.15, -0.1) is 0 Å². The Balaban J connectivity index is 1.05. The molecular weight excluding hydrogens is 665 g/mol. The molecule has 8 nitrogen and oxygen atoms in total. The van der Waals surface area contributed by atoms with Gasteiger partial charge in [0.25, 0.3) is 0 Å². The highest BCUT2D eigenvalue weighted by atomic mass is 16.5. The highest BCUT2D eigenvalue weighted by Gasteiger charge is 2.48. The Morgan fingerprint density at radius 1 is 0.698 bits per heavy atom. The second kappa shape index (κ2) is 17.4. The molecule has 0 radical (unpaired) electrons. The normalized spacial score (nSPS) is 14.0. The molecule has 0 saturated heterocycles. The number of alkyl carbamates (subject to hydrolysis) is 1. The van der Waals surface area contributed by atoms with E-state index in [0.717, 1.165) is 27.8 Å². The molecule has 274 valence electrons. The van der Waals surface area contributed by atoms with Crippen molar-refractivity contribution in [2.75, 3.05) is 20.3 Å². The van der Waals surface area contributed by atoms with E-state index in [9.17, 15) is 19.8 Å². The molecule has 0 heterocycles. The van der Waals surface area contributed by atoms with E-state index in [-0.39, 0.29) is 24.9 Å². The molecule has 0 spiro atoms. The summed E-state index contributed by atoms with van der Waals surface area (Å²) in [5, 5.41) is 29.4. The van der Waals surface area contributed by atoms with Crippen LogP contribution in [-0.2, 0) is 14.9 Å². The largest absolute Gasteiger partial charge is 0.497 e. The third-order valence-corrected chi connectivity index (χ3v) is 10.3. The fourth-order valence-corrected chi connectivity index (χ4v) is 7.69. The first-order valence-electron chi connectivity index (χ1n) is 18.3. The van der Waals surface area contributed by atoms with Crippen LogP contribution in [0, 0.1) is 0 Å². The Morgan fingerprint density at radius 3 is 1.77 bits per heavy atom. The third kappa shape index (κ3) is 8.14. The molecule has 53 heavy (non-hydrogen) atoms. The summed E-state index contributed by atoms with van der Waals surface area (Å²) in [6, 6.07) is 42.3. The maximum Gasteiger partial charge on any atom is 0.407 e. The molecule has 1 aliphatic carbocycles. The summed E-state index contributed by atoms with van der Waals surface area (Å²) in [7, 11) is 1.60. The van der Waals surface area contributed by atoms with E-state index < -0.39 is 29.8 Å². The average molecular weight is 713 g/mol. The minimum atomic E-state index is -1.26. The van der Waals surface area contributed by atoms with E-state index in [0.29, 0.717) is 31.6 Å². The molecule has 3 atom stereocenters. The first-order chi connectivity index (χ1) is 25.8. The lowest BCUT2D eigenvalue weighted by Crippen LogP contribution is -2.58. The molecule has 1 aliphatic rings. The van der Waals surface area contributed by atoms with Crippen molar-refractivity contribution in [3.8, 4) is 16.9 Å². The third-order valence-electron chi connectivity index (χ3n) is 10.3. The summed E-state index contributed by atoms with van der Waals surface area (Å²) in [5.74, 6) is 0.397. The number of fused-ring (bicyclic) bond motifs is 3. The van der Waals surface area contributed by atoms with Gasteiger partial charge in [0.15, 0.2) is 0 Å². The fraction of sp³-hybridized carbons (Fsp3) is 0.289. The Kier molecular flexibility index (Phi) is 12.2. The summed E-state index contributed by atoms with van der Waals surface area (Å²) in [6.07, 6.45) is -0.651. The molecular formula is C45H48N2O6. The van der Waals surface area contributed by atoms with Crippen LogP contribution in [0.2, 0.25) is 0 Å². The SMILES string of the molecule is COc1ccc(C(c2ccccc2)(c2ccccc2)C(O)[C@H](NC(=O)CCCCCNC(=O)OCC2c3ccccc3-c3ccccc32)[C@H](C)O)cc1. The predicted molar refractivity (Wildman–Crippen MR) is 207 cm³/mol. The number of ether oxygens (including phenoxy) is 2. The van der Waals surface area contributed by atoms with Gasteiger partial charge >= 0.3 is 6.09 Å². The van der Waals surface area contributed by atoms with Crippen molar-refractivity contribution in [2.24, 2.45) is 0 Å². The van der Waals surface area contributed by atoms with Gasteiger partial charge in [0.2, 0.25) is 5.91 Å². The molecule has 8 heteroatoms. The number of unbranched alkanes of at least 4 members (excludes halogenated alkanes) is 2. The number of amides is 2. The Hall–Kier alpha value is -5.44. The number of carbonyl (C=O) groups is 2. The minimum absolute atomic E-state index is 0.00241. The Bertz CT molecular complexity index is 1860. The highest BCUT2D eigenvalue weighted by Crippen LogP contribution is 2.45. The number of hydrogen-bond donors (Lipinski definition) is 4. The van der Waals surface area contributed by atoms with Crippen LogP contribution in [0.3, 0.4) is 0 Å². The molecule has 5 aromatic carbocycles. The lowest BCUT2D eigenvalue weighted by Gasteiger charge is -2.44. The number of aliphatic hydroxyl groups excluding tert-OH is 2. The smallest absolute Gasteiger partial charge is 0.407 e. The van der Waals surface area contributed by atoms with E-state index in [1.165, 1.54) is 11.1 Å². The van der Waals surface area contributed by atoms with E-state index in [1.807, 2.05) is 109 Å². The van der Waals surface area contributed by atoms with Gasteiger partial charge in [0.1, 0.15) is 12.4 Å². The summed E-state index contributed by atoms with van der Waals surface area (Å²) < 4.78 is 11.1. The topological polar surface area (TPSA) is 117 Å². The zero-order valence-corrected chi connectivity index (χ0v) is 30.3. The lowest BCUT2D eigenvalue weighted by atomic mass is 9.63. The molecule has 4 N–H and O–H groups in total. The van der Waals surface area contributed by atoms with Crippen molar-refractivity contribution in [2.45, 2.75) is 62.2 Å². The Labute approximate surface area is 311 Å². The van der Waals surface area contributed by atoms with Crippen molar-refractivity contribution in [3.63, 3.8) is 0 Å². The van der Waals surface area contributed by atoms with Gasteiger partial charge < -0.3 is 30.3 Å². The second-order valence-electron chi connectivity index (χ2n) is 13.6. The zero-order chi connectivity index (χ0) is 37.2. The van der Waals surface area contributed by atoms with Crippen LogP contribution in [0.5, 0.6) is 5.75 Å². The van der Waals surface area contributed by atoms with Crippen LogP contribution >= 0.6 is 0 Å². The van der Waals surface area contributed by atoms with Crippen LogP contribution in [0.15, 0.2) is 133 Å². The summed E-state index contributed by atoms with van der Waals surface area (Å²) >= 11 is 0. The van der Waals surface area contributed by atoms with Gasteiger partial charge in [0.05, 0.1) is 30.8 Å². The molecule has 1 unspecified atom stereocenters. The molecule has 2 amide bonds. The van der Waals surface area contributed by atoms with Crippen LogP contribution in [0.25, 0.3) is 11.1 Å². The van der Waals surface area contributed by atoms with Gasteiger partial charge in [-0.05, 0) is 70.8 Å². The standard InChI is InChI=1S/C45H48N2O6/c1-31(48)42(43(50)45(32-16-6-3-7-17-32,33-18-8-4-9-19-33)34-25-27-35(52-2)28-26-34)47-41(49)24-10-5-15-29-46-44(51)53-30-40-38-22-13-11-20-36(38)37-21-12-14-23-39(37)40/h3-4,6-9,11-14,16-23,25-28,31,40,42-43,48,50H,5,10,15,24,29-30H2,1-2H3,(H,46,51)(H,47,49)/t31-,42+,43?/m0/s1. The van der Waals surface area contributed by atoms with Gasteiger partial charge in [-0.1, -0.05) is 128 Å². The van der Waals surface area contributed by atoms with Crippen molar-refractivity contribution in [1.82, 2.24) is 10.6 Å². The van der Waals surface area contributed by atoms with Gasteiger partial charge in [-0.25, -0.2) is 4.79 Å². The first kappa shape index (κ1) is 37.3. The molecule has 0 fully saturated rings. The highest BCUT2D eigenvalue weighted by molar-refractivity contribution is 5.79. The summed E-state index contributed by atoms with van der Waals surface area (Å²) in [6.45, 7) is 2.26. The van der Waals surface area contributed by atoms with Gasteiger partial charge in [-0.3, -0.25) is 4.79 Å². The lowest BCUT2D eigenvalue weighted by molar-refractivity contribution is -0.124. The van der Waals surface area contributed by atoms with E-state index in [1.54, 1.807) is 14.0 Å². The molecule has 5 aromatic rings. The number of hydrogen-bond acceptors (Lipinski definition) is 6. The molecule has 6 rings (SSSR count). The van der Waals surface area contributed by atoms with Crippen molar-refractivity contribution in [3.05, 3.63) is 161 Å². The van der Waals surface area contributed by atoms with Gasteiger partial charge in [0, 0.05) is 18.9 Å². The van der Waals surface area contributed by atoms with Crippen LogP contribution < -0.4 is 15.4 Å². The number of rotatable bonds is 16. The number of aliphatic hydroxyl groups is 2. The monoisotopic (exact) mass is 712 g/mol. The fourth-order valence-electron chi connectivity index (χ4n) is 7.69. The molecule has 0 saturated carbocycles. The predicted octanol–water partition coefficient (Wildman–Crippen LogP) is 7.36. The Morgan fingerprint density at radius 2 is 1.23 bits per heavy atom. The molecule has 0 aliphatic heterocycles. The second-order valence-corrected chi connectivity index (χ2v) is 13.6. The maximum atomic E-state index is 13.4.